The lowest BCUT2D eigenvalue weighted by atomic mass is 10.1. The maximum absolute atomic E-state index is 11.4. The van der Waals surface area contributed by atoms with Crippen molar-refractivity contribution >= 4 is 11.7 Å². The Morgan fingerprint density at radius 2 is 2.19 bits per heavy atom. The van der Waals surface area contributed by atoms with E-state index in [1.54, 1.807) is 0 Å². The van der Waals surface area contributed by atoms with Crippen LogP contribution in [0.1, 0.15) is 39.5 Å². The van der Waals surface area contributed by atoms with Crippen molar-refractivity contribution in [1.29, 1.82) is 0 Å². The molecule has 1 aliphatic rings. The number of hydrogen-bond acceptors (Lipinski definition) is 3. The molecule has 0 aromatic carbocycles. The first-order chi connectivity index (χ1) is 7.59. The average molecular weight is 227 g/mol. The summed E-state index contributed by atoms with van der Waals surface area (Å²) in [6.45, 7) is 4.64. The highest BCUT2D eigenvalue weighted by atomic mass is 16.5. The number of carbonyl (C=O) groups is 2. The third-order valence-electron chi connectivity index (χ3n) is 2.82. The van der Waals surface area contributed by atoms with Crippen molar-refractivity contribution in [2.75, 3.05) is 13.2 Å². The minimum Gasteiger partial charge on any atom is -0.378 e. The predicted octanol–water partition coefficient (Wildman–Crippen LogP) is 1.29. The first-order valence-electron chi connectivity index (χ1n) is 6.00. The predicted molar refractivity (Wildman–Crippen MR) is 61.1 cm³/mol. The molecule has 1 atom stereocenters. The first-order valence-corrected chi connectivity index (χ1v) is 6.00. The number of nitrogens with one attached hydrogen (secondary N) is 1. The molecule has 0 radical (unpaired) electrons. The van der Waals surface area contributed by atoms with E-state index in [1.807, 2.05) is 13.8 Å². The largest absolute Gasteiger partial charge is 0.378 e. The molecule has 1 unspecified atom stereocenters. The Morgan fingerprint density at radius 3 is 2.75 bits per heavy atom. The molecule has 1 N–H and O–H groups in total. The van der Waals surface area contributed by atoms with Crippen LogP contribution in [-0.2, 0) is 14.3 Å². The van der Waals surface area contributed by atoms with Gasteiger partial charge in [-0.05, 0) is 19.3 Å². The van der Waals surface area contributed by atoms with Gasteiger partial charge in [-0.3, -0.25) is 9.59 Å². The minimum absolute atomic E-state index is 0.0153. The summed E-state index contributed by atoms with van der Waals surface area (Å²) in [6.07, 6.45) is 3.61. The van der Waals surface area contributed by atoms with E-state index in [1.165, 1.54) is 0 Å². The summed E-state index contributed by atoms with van der Waals surface area (Å²) in [6, 6.07) is 0. The van der Waals surface area contributed by atoms with E-state index in [9.17, 15) is 9.59 Å². The van der Waals surface area contributed by atoms with Crippen LogP contribution in [0.25, 0.3) is 0 Å². The minimum atomic E-state index is -0.0514. The number of ketones is 1. The van der Waals surface area contributed by atoms with Crippen LogP contribution in [0, 0.1) is 5.92 Å². The highest BCUT2D eigenvalue weighted by molar-refractivity contribution is 5.87. The van der Waals surface area contributed by atoms with Gasteiger partial charge in [0, 0.05) is 18.9 Å². The number of Topliss-reactive ketones (excluding diaryl/α,β-unsaturated/α-hetero) is 1. The lowest BCUT2D eigenvalue weighted by Crippen LogP contribution is -2.31. The van der Waals surface area contributed by atoms with Crippen LogP contribution in [0.5, 0.6) is 0 Å². The fourth-order valence-corrected chi connectivity index (χ4v) is 1.64. The van der Waals surface area contributed by atoms with Crippen molar-refractivity contribution in [1.82, 2.24) is 5.32 Å². The van der Waals surface area contributed by atoms with Gasteiger partial charge in [0.15, 0.2) is 5.78 Å². The summed E-state index contributed by atoms with van der Waals surface area (Å²) in [5, 5.41) is 2.64. The van der Waals surface area contributed by atoms with Crippen LogP contribution in [0.2, 0.25) is 0 Å². The maximum Gasteiger partial charge on any atom is 0.220 e. The third-order valence-corrected chi connectivity index (χ3v) is 2.82. The molecular formula is C12H21NO3. The van der Waals surface area contributed by atoms with Crippen LogP contribution in [0.3, 0.4) is 0 Å². The number of amides is 1. The van der Waals surface area contributed by atoms with E-state index < -0.39 is 0 Å². The van der Waals surface area contributed by atoms with Crippen LogP contribution in [0.4, 0.5) is 0 Å². The van der Waals surface area contributed by atoms with Gasteiger partial charge >= 0.3 is 0 Å². The summed E-state index contributed by atoms with van der Waals surface area (Å²) >= 11 is 0. The summed E-state index contributed by atoms with van der Waals surface area (Å²) in [5.41, 5.74) is 0. The summed E-state index contributed by atoms with van der Waals surface area (Å²) in [4.78, 5) is 22.7. The van der Waals surface area contributed by atoms with Crippen molar-refractivity contribution in [3.63, 3.8) is 0 Å². The highest BCUT2D eigenvalue weighted by Crippen LogP contribution is 2.16. The van der Waals surface area contributed by atoms with E-state index in [-0.39, 0.29) is 30.3 Å². The van der Waals surface area contributed by atoms with Crippen LogP contribution >= 0.6 is 0 Å². The van der Waals surface area contributed by atoms with Crippen molar-refractivity contribution in [3.05, 3.63) is 0 Å². The molecule has 4 nitrogen and oxygen atoms in total. The summed E-state index contributed by atoms with van der Waals surface area (Å²) in [5.74, 6) is 0.00781. The average Bonchev–Trinajstić information content (AvgIpc) is 2.75. The van der Waals surface area contributed by atoms with Gasteiger partial charge in [-0.25, -0.2) is 0 Å². The second-order valence-corrected chi connectivity index (χ2v) is 4.57. The zero-order chi connectivity index (χ0) is 12.0. The molecule has 1 aliphatic heterocycles. The third kappa shape index (κ3) is 4.75. The van der Waals surface area contributed by atoms with Crippen molar-refractivity contribution in [2.24, 2.45) is 5.92 Å². The molecule has 1 heterocycles. The molecule has 0 aromatic rings. The molecule has 4 heteroatoms. The number of ether oxygens (including phenoxy) is 1. The van der Waals surface area contributed by atoms with E-state index in [0.717, 1.165) is 25.9 Å². The van der Waals surface area contributed by atoms with Gasteiger partial charge in [-0.2, -0.15) is 0 Å². The molecule has 16 heavy (non-hydrogen) atoms. The molecule has 1 amide bonds. The molecule has 0 aromatic heterocycles. The van der Waals surface area contributed by atoms with Gasteiger partial charge in [0.05, 0.1) is 12.6 Å². The second-order valence-electron chi connectivity index (χ2n) is 4.57. The normalized spacial score (nSPS) is 20.1. The maximum atomic E-state index is 11.4. The quantitative estimate of drug-likeness (QED) is 0.744. The summed E-state index contributed by atoms with van der Waals surface area (Å²) < 4.78 is 5.42. The molecule has 1 saturated heterocycles. The number of rotatable bonds is 6. The first kappa shape index (κ1) is 13.2. The smallest absolute Gasteiger partial charge is 0.220 e. The molecule has 0 aliphatic carbocycles. The molecule has 1 fully saturated rings. The van der Waals surface area contributed by atoms with Crippen molar-refractivity contribution in [2.45, 2.75) is 45.6 Å². The molecule has 0 saturated carbocycles. The fourth-order valence-electron chi connectivity index (χ4n) is 1.64. The zero-order valence-electron chi connectivity index (χ0n) is 10.1. The lowest BCUT2D eigenvalue weighted by molar-refractivity contribution is -0.126. The Kier molecular flexibility index (Phi) is 5.46. The van der Waals surface area contributed by atoms with Crippen LogP contribution in [-0.4, -0.2) is 30.9 Å². The van der Waals surface area contributed by atoms with Gasteiger partial charge in [-0.15, -0.1) is 0 Å². The van der Waals surface area contributed by atoms with Gasteiger partial charge < -0.3 is 10.1 Å². The van der Waals surface area contributed by atoms with Gasteiger partial charge in [0.1, 0.15) is 0 Å². The van der Waals surface area contributed by atoms with Gasteiger partial charge in [0.25, 0.3) is 0 Å². The zero-order valence-corrected chi connectivity index (χ0v) is 10.1. The topological polar surface area (TPSA) is 55.4 Å². The Bertz CT molecular complexity index is 245. The molecule has 0 spiro atoms. The number of carbonyl (C=O) groups excluding carboxylic acids is 2. The van der Waals surface area contributed by atoms with Crippen molar-refractivity contribution in [3.8, 4) is 0 Å². The Balaban J connectivity index is 2.08. The SMILES string of the molecule is CC(C)C(=O)CNC(=O)CCC1CCCO1. The van der Waals surface area contributed by atoms with E-state index >= 15 is 0 Å². The molecule has 92 valence electrons. The van der Waals surface area contributed by atoms with Crippen LogP contribution in [0.15, 0.2) is 0 Å². The van der Waals surface area contributed by atoms with Gasteiger partial charge in [-0.1, -0.05) is 13.8 Å². The highest BCUT2D eigenvalue weighted by Gasteiger charge is 2.17. The Hall–Kier alpha value is -0.900. The lowest BCUT2D eigenvalue weighted by Gasteiger charge is -2.09. The Labute approximate surface area is 96.7 Å². The van der Waals surface area contributed by atoms with Gasteiger partial charge in [0.2, 0.25) is 5.91 Å². The second kappa shape index (κ2) is 6.63. The molecule has 1 rings (SSSR count). The number of hydrogen-bond donors (Lipinski definition) is 1. The summed E-state index contributed by atoms with van der Waals surface area (Å²) in [7, 11) is 0. The van der Waals surface area contributed by atoms with Crippen molar-refractivity contribution < 1.29 is 14.3 Å². The van der Waals surface area contributed by atoms with Crippen LogP contribution < -0.4 is 5.32 Å². The Morgan fingerprint density at radius 1 is 1.44 bits per heavy atom. The molecular weight excluding hydrogens is 206 g/mol. The van der Waals surface area contributed by atoms with E-state index in [4.69, 9.17) is 4.74 Å². The molecule has 0 bridgehead atoms. The van der Waals surface area contributed by atoms with E-state index in [0.29, 0.717) is 6.42 Å². The van der Waals surface area contributed by atoms with E-state index in [2.05, 4.69) is 5.32 Å². The monoisotopic (exact) mass is 227 g/mol. The standard InChI is InChI=1S/C12H21NO3/c1-9(2)11(14)8-13-12(15)6-5-10-4-3-7-16-10/h9-10H,3-8H2,1-2H3,(H,13,15). The fraction of sp³-hybridized carbons (Fsp3) is 0.833.